The average Bonchev–Trinajstić information content (AvgIpc) is 2.28. The Morgan fingerprint density at radius 2 is 1.94 bits per heavy atom. The van der Waals surface area contributed by atoms with Crippen molar-refractivity contribution in [2.24, 2.45) is 10.2 Å². The zero-order valence-electron chi connectivity index (χ0n) is 9.40. The molecule has 2 aromatic rings. The predicted octanol–water partition coefficient (Wildman–Crippen LogP) is 2.51. The largest absolute Gasteiger partial charge is 0.507 e. The van der Waals surface area contributed by atoms with Gasteiger partial charge in [0, 0.05) is 13.1 Å². The number of hydrogen-bond donors (Lipinski definition) is 2. The number of phenolic OH excluding ortho intramolecular Hbond substituents is 1. The number of azo groups is 1. The third-order valence-corrected chi connectivity index (χ3v) is 3.24. The molecule has 7 heteroatoms. The smallest absolute Gasteiger partial charge is 0.294 e. The van der Waals surface area contributed by atoms with Gasteiger partial charge in [0.05, 0.1) is 16.0 Å². The van der Waals surface area contributed by atoms with Gasteiger partial charge in [0.15, 0.2) is 0 Å². The second-order valence-electron chi connectivity index (χ2n) is 3.59. The van der Waals surface area contributed by atoms with Gasteiger partial charge < -0.3 is 5.11 Å². The number of phenols is 1. The summed E-state index contributed by atoms with van der Waals surface area (Å²) in [7, 11) is -2.87. The monoisotopic (exact) mass is 266 g/mol. The molecule has 0 radical (unpaired) electrons. The highest BCUT2D eigenvalue weighted by Crippen LogP contribution is 2.35. The summed E-state index contributed by atoms with van der Waals surface area (Å²) < 4.78 is 31.0. The van der Waals surface area contributed by atoms with E-state index in [1.54, 1.807) is 18.2 Å². The van der Waals surface area contributed by atoms with Gasteiger partial charge in [-0.05, 0) is 17.5 Å². The fourth-order valence-electron chi connectivity index (χ4n) is 1.70. The van der Waals surface area contributed by atoms with Crippen LogP contribution in [-0.2, 0) is 10.1 Å². The Labute approximate surface area is 103 Å². The summed E-state index contributed by atoms with van der Waals surface area (Å²) in [6.07, 6.45) is 0. The van der Waals surface area contributed by atoms with Gasteiger partial charge in [-0.25, -0.2) is 0 Å². The predicted molar refractivity (Wildman–Crippen MR) is 65.9 cm³/mol. The van der Waals surface area contributed by atoms with Crippen molar-refractivity contribution in [2.75, 3.05) is 7.05 Å². The van der Waals surface area contributed by atoms with Crippen LogP contribution in [-0.4, -0.2) is 25.1 Å². The molecule has 2 N–H and O–H groups in total. The first-order chi connectivity index (χ1) is 8.43. The molecule has 0 spiro atoms. The van der Waals surface area contributed by atoms with Crippen LogP contribution in [0.1, 0.15) is 0 Å². The molecular formula is C11H10N2O4S. The fourth-order valence-corrected chi connectivity index (χ4v) is 2.24. The van der Waals surface area contributed by atoms with E-state index in [-0.39, 0.29) is 10.6 Å². The fraction of sp³-hybridized carbons (Fsp3) is 0.0909. The molecule has 0 amide bonds. The summed E-state index contributed by atoms with van der Waals surface area (Å²) in [6.45, 7) is 0. The van der Waals surface area contributed by atoms with Crippen LogP contribution in [0.2, 0.25) is 0 Å². The summed E-state index contributed by atoms with van der Waals surface area (Å²) >= 11 is 0. The molecule has 0 heterocycles. The van der Waals surface area contributed by atoms with Gasteiger partial charge in [-0.15, -0.1) is 0 Å². The topological polar surface area (TPSA) is 99.3 Å². The van der Waals surface area contributed by atoms with E-state index in [4.69, 9.17) is 4.55 Å². The molecule has 6 nitrogen and oxygen atoms in total. The minimum absolute atomic E-state index is 0.275. The maximum Gasteiger partial charge on any atom is 0.294 e. The molecule has 0 unspecified atom stereocenters. The Kier molecular flexibility index (Phi) is 3.02. The van der Waals surface area contributed by atoms with Crippen molar-refractivity contribution >= 4 is 26.6 Å². The standard InChI is InChI=1S/C11H10N2O4S/c1-12-13-9-4-2-3-7-5-8(18(15,16)17)6-10(14)11(7)9/h2-6,14H,1H3,(H,15,16,17). The normalized spacial score (nSPS) is 12.3. The van der Waals surface area contributed by atoms with Gasteiger partial charge in [-0.2, -0.15) is 18.6 Å². The van der Waals surface area contributed by atoms with Crippen molar-refractivity contribution < 1.29 is 18.1 Å². The van der Waals surface area contributed by atoms with Gasteiger partial charge in [0.25, 0.3) is 10.1 Å². The summed E-state index contributed by atoms with van der Waals surface area (Å²) in [4.78, 5) is -0.363. The second-order valence-corrected chi connectivity index (χ2v) is 5.01. The molecule has 94 valence electrons. The maximum atomic E-state index is 11.0. The van der Waals surface area contributed by atoms with Crippen molar-refractivity contribution in [3.63, 3.8) is 0 Å². The highest BCUT2D eigenvalue weighted by Gasteiger charge is 2.14. The highest BCUT2D eigenvalue weighted by atomic mass is 32.2. The van der Waals surface area contributed by atoms with Gasteiger partial charge in [0.1, 0.15) is 5.75 Å². The third kappa shape index (κ3) is 2.18. The minimum Gasteiger partial charge on any atom is -0.507 e. The van der Waals surface area contributed by atoms with E-state index in [1.165, 1.54) is 13.1 Å². The molecule has 0 aromatic heterocycles. The van der Waals surface area contributed by atoms with Crippen LogP contribution in [0.25, 0.3) is 10.8 Å². The lowest BCUT2D eigenvalue weighted by Crippen LogP contribution is -1.97. The number of benzene rings is 2. The second kappa shape index (κ2) is 4.35. The van der Waals surface area contributed by atoms with Crippen LogP contribution in [0.5, 0.6) is 5.75 Å². The zero-order valence-corrected chi connectivity index (χ0v) is 10.2. The number of rotatable bonds is 2. The number of aromatic hydroxyl groups is 1. The lowest BCUT2D eigenvalue weighted by atomic mass is 10.1. The lowest BCUT2D eigenvalue weighted by Gasteiger charge is -2.06. The Bertz CT molecular complexity index is 738. The summed E-state index contributed by atoms with van der Waals surface area (Å²) in [5.74, 6) is -0.275. The quantitative estimate of drug-likeness (QED) is 0.644. The van der Waals surface area contributed by atoms with Crippen LogP contribution in [0.3, 0.4) is 0 Å². The van der Waals surface area contributed by atoms with Gasteiger partial charge in [0.2, 0.25) is 0 Å². The Morgan fingerprint density at radius 1 is 1.22 bits per heavy atom. The van der Waals surface area contributed by atoms with Gasteiger partial charge in [-0.3, -0.25) is 4.55 Å². The molecule has 0 aliphatic carbocycles. The van der Waals surface area contributed by atoms with Crippen molar-refractivity contribution in [1.29, 1.82) is 0 Å². The molecule has 0 saturated heterocycles. The van der Waals surface area contributed by atoms with E-state index in [1.807, 2.05) is 0 Å². The number of fused-ring (bicyclic) bond motifs is 1. The molecule has 0 aliphatic heterocycles. The summed E-state index contributed by atoms with van der Waals surface area (Å²) in [5, 5.41) is 18.1. The van der Waals surface area contributed by atoms with E-state index >= 15 is 0 Å². The van der Waals surface area contributed by atoms with Crippen molar-refractivity contribution in [1.82, 2.24) is 0 Å². The first-order valence-electron chi connectivity index (χ1n) is 4.96. The average molecular weight is 266 g/mol. The maximum absolute atomic E-state index is 11.0. The number of hydrogen-bond acceptors (Lipinski definition) is 5. The molecule has 0 bridgehead atoms. The Morgan fingerprint density at radius 3 is 2.56 bits per heavy atom. The Hall–Kier alpha value is -1.99. The first-order valence-corrected chi connectivity index (χ1v) is 6.40. The van der Waals surface area contributed by atoms with E-state index in [9.17, 15) is 13.5 Å². The summed E-state index contributed by atoms with van der Waals surface area (Å²) in [5.41, 5.74) is 0.425. The minimum atomic E-state index is -4.36. The van der Waals surface area contributed by atoms with Gasteiger partial charge in [-0.1, -0.05) is 12.1 Å². The van der Waals surface area contributed by atoms with E-state index in [0.29, 0.717) is 16.5 Å². The van der Waals surface area contributed by atoms with E-state index < -0.39 is 10.1 Å². The Balaban J connectivity index is 2.85. The van der Waals surface area contributed by atoms with Gasteiger partial charge >= 0.3 is 0 Å². The first kappa shape index (κ1) is 12.5. The summed E-state index contributed by atoms with van der Waals surface area (Å²) in [6, 6.07) is 7.14. The SMILES string of the molecule is CN=Nc1cccc2cc(S(=O)(=O)O)cc(O)c12. The molecule has 0 aliphatic rings. The third-order valence-electron chi connectivity index (χ3n) is 2.41. The molecule has 2 aromatic carbocycles. The molecule has 0 fully saturated rings. The highest BCUT2D eigenvalue weighted by molar-refractivity contribution is 7.85. The molecule has 2 rings (SSSR count). The van der Waals surface area contributed by atoms with Crippen molar-refractivity contribution in [3.05, 3.63) is 30.3 Å². The molecule has 0 atom stereocenters. The van der Waals surface area contributed by atoms with Crippen LogP contribution in [0.15, 0.2) is 45.5 Å². The molecule has 0 saturated carbocycles. The van der Waals surface area contributed by atoms with E-state index in [2.05, 4.69) is 10.2 Å². The van der Waals surface area contributed by atoms with Crippen molar-refractivity contribution in [3.8, 4) is 5.75 Å². The van der Waals surface area contributed by atoms with Crippen LogP contribution in [0.4, 0.5) is 5.69 Å². The lowest BCUT2D eigenvalue weighted by molar-refractivity contribution is 0.471. The zero-order chi connectivity index (χ0) is 13.3. The molecular weight excluding hydrogens is 256 g/mol. The van der Waals surface area contributed by atoms with Crippen LogP contribution in [0, 0.1) is 0 Å². The van der Waals surface area contributed by atoms with Crippen molar-refractivity contribution in [2.45, 2.75) is 4.90 Å². The van der Waals surface area contributed by atoms with Crippen LogP contribution < -0.4 is 0 Å². The molecule has 18 heavy (non-hydrogen) atoms. The number of nitrogens with zero attached hydrogens (tertiary/aromatic N) is 2. The van der Waals surface area contributed by atoms with Crippen LogP contribution >= 0.6 is 0 Å². The van der Waals surface area contributed by atoms with E-state index in [0.717, 1.165) is 6.07 Å².